The number of phenols is 1. The lowest BCUT2D eigenvalue weighted by Gasteiger charge is -2.60. The molecule has 1 unspecified atom stereocenters. The van der Waals surface area contributed by atoms with E-state index in [1.807, 2.05) is 12.1 Å². The van der Waals surface area contributed by atoms with Crippen LogP contribution in [0.25, 0.3) is 0 Å². The van der Waals surface area contributed by atoms with E-state index in [4.69, 9.17) is 11.2 Å². The lowest BCUT2D eigenvalue weighted by atomic mass is 9.45. The number of allylic oxidation sites excluding steroid dienone is 1. The van der Waals surface area contributed by atoms with Gasteiger partial charge in [-0.2, -0.15) is 0 Å². The van der Waals surface area contributed by atoms with E-state index in [2.05, 4.69) is 31.9 Å². The monoisotopic (exact) mass is 648 g/mol. The maximum Gasteiger partial charge on any atom is 0.306 e. The van der Waals surface area contributed by atoms with Crippen molar-refractivity contribution < 1.29 is 24.5 Å². The van der Waals surface area contributed by atoms with Crippen LogP contribution in [0.15, 0.2) is 29.8 Å². The average molecular weight is 649 g/mol. The van der Waals surface area contributed by atoms with Gasteiger partial charge < -0.3 is 14.9 Å². The van der Waals surface area contributed by atoms with Gasteiger partial charge in [-0.25, -0.2) is 0 Å². The molecule has 9 aliphatic carbocycles. The molecule has 0 aromatic heterocycles. The molecule has 1 spiro atoms. The molecule has 2 N–H and O–H groups in total. The smallest absolute Gasteiger partial charge is 0.306 e. The van der Waals surface area contributed by atoms with E-state index in [0.29, 0.717) is 53.5 Å². The Morgan fingerprint density at radius 1 is 0.833 bits per heavy atom. The molecule has 15 atom stereocenters. The molecule has 1 aromatic carbocycles. The maximum absolute atomic E-state index is 12.2. The van der Waals surface area contributed by atoms with Crippen molar-refractivity contribution in [1.82, 2.24) is 0 Å². The number of fused-ring (bicyclic) bond motifs is 17. The molecule has 5 nitrogen and oxygen atoms in total. The number of esters is 1. The first-order valence-electron chi connectivity index (χ1n) is 19.5. The van der Waals surface area contributed by atoms with E-state index in [1.165, 1.54) is 48.8 Å². The zero-order chi connectivity index (χ0) is 33.0. The standard InChI is InChI=1S/C24H30O3.C19H22O2/c1-22-6-3-12(25)9-17(22)13-10-14(13)20-16(22)4-7-23(2)21(20)15-11-18(15)24(23)8-5-19(26)27-24;1-2-19(21)10-9-17-16-5-3-12-11-13(20)4-6-14(12)15(16)7-8-18(17)19/h9,13-16,18,20-21H,3-8,10-11H2,1-2H3;1,4,6,11,15-18,20-21H,3,5,7-10H2/t13-,14+,15-,16+,18+,20-,21+,22-,23+,24+;15-,16-,17+,18?,19+/m11/s1. The number of ketones is 1. The van der Waals surface area contributed by atoms with E-state index < -0.39 is 5.60 Å². The second-order valence-electron chi connectivity index (χ2n) is 18.7. The Labute approximate surface area is 285 Å². The van der Waals surface area contributed by atoms with E-state index in [-0.39, 0.29) is 22.4 Å². The van der Waals surface area contributed by atoms with Crippen LogP contribution in [0, 0.1) is 82.4 Å². The molecule has 11 rings (SSSR count). The Hall–Kier alpha value is -2.58. The number of hydrogen-bond donors (Lipinski definition) is 2. The number of benzene rings is 1. The first-order valence-corrected chi connectivity index (χ1v) is 19.5. The third kappa shape index (κ3) is 3.80. The Bertz CT molecular complexity index is 1690. The van der Waals surface area contributed by atoms with Crippen molar-refractivity contribution in [3.05, 3.63) is 41.0 Å². The van der Waals surface area contributed by atoms with Crippen molar-refractivity contribution in [2.24, 2.45) is 70.0 Å². The Morgan fingerprint density at radius 3 is 2.48 bits per heavy atom. The minimum Gasteiger partial charge on any atom is -0.508 e. The van der Waals surface area contributed by atoms with Crippen molar-refractivity contribution >= 4 is 11.8 Å². The van der Waals surface area contributed by atoms with Gasteiger partial charge in [-0.05, 0) is 165 Å². The summed E-state index contributed by atoms with van der Waals surface area (Å²) in [7, 11) is 0. The third-order valence-corrected chi connectivity index (χ3v) is 17.2. The van der Waals surface area contributed by atoms with Gasteiger partial charge in [0.2, 0.25) is 0 Å². The van der Waals surface area contributed by atoms with Crippen LogP contribution in [0.4, 0.5) is 0 Å². The first-order chi connectivity index (χ1) is 23.0. The van der Waals surface area contributed by atoms with Gasteiger partial charge in [-0.15, -0.1) is 6.42 Å². The molecule has 48 heavy (non-hydrogen) atoms. The molecule has 0 bridgehead atoms. The molecule has 7 saturated carbocycles. The number of carbonyl (C=O) groups is 2. The predicted molar refractivity (Wildman–Crippen MR) is 181 cm³/mol. The quantitative estimate of drug-likeness (QED) is 0.225. The van der Waals surface area contributed by atoms with Crippen molar-refractivity contribution in [2.45, 2.75) is 121 Å². The van der Waals surface area contributed by atoms with Gasteiger partial charge >= 0.3 is 5.97 Å². The highest BCUT2D eigenvalue weighted by Crippen LogP contribution is 2.82. The summed E-state index contributed by atoms with van der Waals surface area (Å²) in [5.74, 6) is 10.8. The second kappa shape index (κ2) is 9.80. The fourth-order valence-electron chi connectivity index (χ4n) is 15.2. The molecule has 0 amide bonds. The van der Waals surface area contributed by atoms with Gasteiger partial charge in [0.1, 0.15) is 17.0 Å². The summed E-state index contributed by atoms with van der Waals surface area (Å²) in [5.41, 5.74) is 3.74. The molecule has 254 valence electrons. The summed E-state index contributed by atoms with van der Waals surface area (Å²) in [6.07, 6.45) is 22.4. The molecule has 1 aliphatic heterocycles. The van der Waals surface area contributed by atoms with E-state index in [1.54, 1.807) is 0 Å². The van der Waals surface area contributed by atoms with E-state index in [9.17, 15) is 19.8 Å². The van der Waals surface area contributed by atoms with Gasteiger partial charge in [0, 0.05) is 30.1 Å². The number of aryl methyl sites for hydroxylation is 1. The molecular weight excluding hydrogens is 596 g/mol. The molecule has 8 fully saturated rings. The van der Waals surface area contributed by atoms with Crippen molar-refractivity contribution in [3.8, 4) is 18.1 Å². The second-order valence-corrected chi connectivity index (χ2v) is 18.7. The third-order valence-electron chi connectivity index (χ3n) is 17.2. The lowest BCUT2D eigenvalue weighted by Crippen LogP contribution is -2.57. The zero-order valence-electron chi connectivity index (χ0n) is 28.8. The largest absolute Gasteiger partial charge is 0.508 e. The zero-order valence-corrected chi connectivity index (χ0v) is 28.8. The minimum atomic E-state index is -0.856. The van der Waals surface area contributed by atoms with E-state index >= 15 is 0 Å². The molecule has 1 saturated heterocycles. The lowest BCUT2D eigenvalue weighted by molar-refractivity contribution is -0.177. The molecular formula is C43H52O5. The topological polar surface area (TPSA) is 83.8 Å². The van der Waals surface area contributed by atoms with E-state index in [0.717, 1.165) is 81.0 Å². The van der Waals surface area contributed by atoms with Crippen LogP contribution < -0.4 is 0 Å². The molecule has 1 aromatic rings. The summed E-state index contributed by atoms with van der Waals surface area (Å²) in [6, 6.07) is 5.87. The van der Waals surface area contributed by atoms with Crippen LogP contribution >= 0.6 is 0 Å². The SMILES string of the molecule is C#C[C@]1(O)CC[C@@H]2C1CC[C@@H]1c3ccc(O)cc3CC[C@H]12.C[C@]12CCC(=O)C=C1[C@@H]1C[C@@H]1[C@H]1[C@@H]3[C@@H]4C[C@@H]4[C@@]4(CCC(=O)O4)[C@@]3(C)CC[C@@H]12. The molecule has 5 heteroatoms. The number of hydrogen-bond acceptors (Lipinski definition) is 5. The van der Waals surface area contributed by atoms with Gasteiger partial charge in [-0.3, -0.25) is 9.59 Å². The van der Waals surface area contributed by atoms with Crippen LogP contribution in [0.1, 0.15) is 114 Å². The van der Waals surface area contributed by atoms with Crippen LogP contribution in [-0.2, 0) is 20.7 Å². The predicted octanol–water partition coefficient (Wildman–Crippen LogP) is 7.53. The van der Waals surface area contributed by atoms with Gasteiger partial charge in [0.15, 0.2) is 5.78 Å². The first kappa shape index (κ1) is 30.3. The van der Waals surface area contributed by atoms with Crippen LogP contribution in [-0.4, -0.2) is 33.2 Å². The van der Waals surface area contributed by atoms with Gasteiger partial charge in [0.05, 0.1) is 0 Å². The number of aromatic hydroxyl groups is 1. The van der Waals surface area contributed by atoms with Gasteiger partial charge in [0.25, 0.3) is 0 Å². The number of terminal acetylenes is 1. The highest BCUT2D eigenvalue weighted by Gasteiger charge is 2.81. The number of aliphatic hydroxyl groups is 1. The summed E-state index contributed by atoms with van der Waals surface area (Å²) >= 11 is 0. The number of carbonyl (C=O) groups excluding carboxylic acids is 2. The van der Waals surface area contributed by atoms with Crippen LogP contribution in [0.3, 0.4) is 0 Å². The number of rotatable bonds is 0. The van der Waals surface area contributed by atoms with Crippen molar-refractivity contribution in [3.63, 3.8) is 0 Å². The Kier molecular flexibility index (Phi) is 6.18. The van der Waals surface area contributed by atoms with Crippen molar-refractivity contribution in [2.75, 3.05) is 0 Å². The molecule has 10 aliphatic rings. The summed E-state index contributed by atoms with van der Waals surface area (Å²) < 4.78 is 6.22. The Morgan fingerprint density at radius 2 is 1.69 bits per heavy atom. The van der Waals surface area contributed by atoms with Crippen molar-refractivity contribution in [1.29, 1.82) is 0 Å². The highest BCUT2D eigenvalue weighted by atomic mass is 16.6. The maximum atomic E-state index is 12.2. The summed E-state index contributed by atoms with van der Waals surface area (Å²) in [6.45, 7) is 4.99. The van der Waals surface area contributed by atoms with Gasteiger partial charge in [-0.1, -0.05) is 31.4 Å². The minimum absolute atomic E-state index is 0.0561. The van der Waals surface area contributed by atoms with Crippen LogP contribution in [0.2, 0.25) is 0 Å². The number of phenolic OH excluding ortho intramolecular Hbond substituents is 1. The van der Waals surface area contributed by atoms with Crippen LogP contribution in [0.5, 0.6) is 5.75 Å². The fraction of sp³-hybridized carbons (Fsp3) is 0.721. The highest BCUT2D eigenvalue weighted by molar-refractivity contribution is 5.92. The Balaban J connectivity index is 0.000000127. The summed E-state index contributed by atoms with van der Waals surface area (Å²) in [4.78, 5) is 24.3. The number of ether oxygens (including phenoxy) is 1. The molecule has 1 heterocycles. The fourth-order valence-corrected chi connectivity index (χ4v) is 15.2. The normalized spacial score (nSPS) is 52.7. The average Bonchev–Trinajstić information content (AvgIpc) is 3.97. The summed E-state index contributed by atoms with van der Waals surface area (Å²) in [5, 5.41) is 20.3. The molecule has 0 radical (unpaired) electrons.